The molecule has 0 saturated heterocycles. The number of nitrogens with zero attached hydrogens (tertiary/aromatic N) is 1. The van der Waals surface area contributed by atoms with E-state index in [1.54, 1.807) is 84.9 Å². The van der Waals surface area contributed by atoms with E-state index in [0.717, 1.165) is 0 Å². The molecule has 0 atom stereocenters. The minimum Gasteiger partial charge on any atom is -1.00 e. The first-order valence-corrected chi connectivity index (χ1v) is 12.2. The third-order valence-corrected chi connectivity index (χ3v) is 8.63. The molecule has 0 aliphatic rings. The van der Waals surface area contributed by atoms with Crippen molar-refractivity contribution in [2.24, 2.45) is 4.99 Å². The van der Waals surface area contributed by atoms with E-state index in [-0.39, 0.29) is 18.1 Å². The molecule has 0 radical (unpaired) electrons. The minimum absolute atomic E-state index is 0. The first-order chi connectivity index (χ1) is 16.4. The van der Waals surface area contributed by atoms with Gasteiger partial charge in [0, 0.05) is 6.07 Å². The molecular weight excluding hydrogens is 494 g/mol. The Labute approximate surface area is 209 Å². The standard InChI is InChI=1S/C27H22F3NO2P.ClH/c1-32-22-13-11-12-21(20-22)31-26(27(28,29)30)33-34(23-14-5-2-6-15-23,24-16-7-3-8-17-24)25-18-9-4-10-19-25;/h2-20H,1H3;1H/q+1;/p-1. The Kier molecular flexibility index (Phi) is 8.55. The second-order valence-electron chi connectivity index (χ2n) is 7.32. The third-order valence-electron chi connectivity index (χ3n) is 5.11. The van der Waals surface area contributed by atoms with Gasteiger partial charge >= 0.3 is 12.1 Å². The van der Waals surface area contributed by atoms with E-state index in [0.29, 0.717) is 21.7 Å². The van der Waals surface area contributed by atoms with Crippen LogP contribution < -0.4 is 33.1 Å². The Balaban J connectivity index is 0.00000342. The van der Waals surface area contributed by atoms with Gasteiger partial charge in [-0.25, -0.2) is 4.99 Å². The predicted octanol–water partition coefficient (Wildman–Crippen LogP) is 3.22. The summed E-state index contributed by atoms with van der Waals surface area (Å²) in [6.45, 7) is 0. The first-order valence-electron chi connectivity index (χ1n) is 10.5. The van der Waals surface area contributed by atoms with Crippen molar-refractivity contribution in [1.82, 2.24) is 0 Å². The van der Waals surface area contributed by atoms with E-state index in [1.165, 1.54) is 19.2 Å². The fourth-order valence-corrected chi connectivity index (χ4v) is 6.97. The van der Waals surface area contributed by atoms with E-state index in [4.69, 9.17) is 9.26 Å². The summed E-state index contributed by atoms with van der Waals surface area (Å²) in [5.74, 6) is -0.913. The fourth-order valence-electron chi connectivity index (χ4n) is 3.58. The Morgan fingerprint density at radius 3 is 1.54 bits per heavy atom. The molecule has 4 aromatic carbocycles. The van der Waals surface area contributed by atoms with E-state index in [1.807, 2.05) is 18.2 Å². The highest BCUT2D eigenvalue weighted by Gasteiger charge is 2.55. The number of alkyl halides is 3. The molecule has 180 valence electrons. The van der Waals surface area contributed by atoms with Crippen LogP contribution in [-0.4, -0.2) is 19.2 Å². The molecule has 4 rings (SSSR count). The lowest BCUT2D eigenvalue weighted by atomic mass is 10.3. The number of halogens is 4. The number of ether oxygens (including phenoxy) is 1. The highest BCUT2D eigenvalue weighted by molar-refractivity contribution is 7.92. The van der Waals surface area contributed by atoms with Gasteiger partial charge in [0.05, 0.1) is 12.8 Å². The van der Waals surface area contributed by atoms with Crippen molar-refractivity contribution in [2.45, 2.75) is 6.18 Å². The summed E-state index contributed by atoms with van der Waals surface area (Å²) in [6, 6.07) is 33.2. The zero-order valence-electron chi connectivity index (χ0n) is 18.7. The highest BCUT2D eigenvalue weighted by atomic mass is 35.5. The topological polar surface area (TPSA) is 30.8 Å². The number of rotatable bonds is 6. The van der Waals surface area contributed by atoms with Gasteiger partial charge in [-0.3, -0.25) is 0 Å². The summed E-state index contributed by atoms with van der Waals surface area (Å²) in [6.07, 6.45) is -4.83. The monoisotopic (exact) mass is 515 g/mol. The van der Waals surface area contributed by atoms with Gasteiger partial charge in [-0.2, -0.15) is 13.2 Å². The maximum Gasteiger partial charge on any atom is 0.473 e. The predicted molar refractivity (Wildman–Crippen MR) is 132 cm³/mol. The molecule has 0 unspecified atom stereocenters. The van der Waals surface area contributed by atoms with Gasteiger partial charge in [-0.15, -0.1) is 0 Å². The van der Waals surface area contributed by atoms with Crippen LogP contribution in [0.1, 0.15) is 0 Å². The molecule has 35 heavy (non-hydrogen) atoms. The zero-order chi connectivity index (χ0) is 24.0. The molecular formula is C27H22ClF3NO2P. The Hall–Kier alpha value is -3.34. The maximum absolute atomic E-state index is 14.4. The van der Waals surface area contributed by atoms with Crippen molar-refractivity contribution in [2.75, 3.05) is 7.11 Å². The number of aliphatic imine (C=N–C) groups is 1. The van der Waals surface area contributed by atoms with Crippen molar-refractivity contribution >= 4 is 35.0 Å². The lowest BCUT2D eigenvalue weighted by Crippen LogP contribution is -3.00. The van der Waals surface area contributed by atoms with Crippen LogP contribution in [-0.2, 0) is 4.52 Å². The Morgan fingerprint density at radius 2 is 1.14 bits per heavy atom. The van der Waals surface area contributed by atoms with E-state index >= 15 is 0 Å². The maximum atomic E-state index is 14.4. The van der Waals surface area contributed by atoms with Crippen molar-refractivity contribution < 1.29 is 34.8 Å². The number of hydrogen-bond donors (Lipinski definition) is 0. The van der Waals surface area contributed by atoms with Crippen molar-refractivity contribution in [3.63, 3.8) is 0 Å². The molecule has 0 aliphatic carbocycles. The smallest absolute Gasteiger partial charge is 0.473 e. The van der Waals surface area contributed by atoms with Gasteiger partial charge < -0.3 is 21.7 Å². The largest absolute Gasteiger partial charge is 1.00 e. The summed E-state index contributed by atoms with van der Waals surface area (Å²) in [5.41, 5.74) is 0.0824. The van der Waals surface area contributed by atoms with Crippen LogP contribution in [0.15, 0.2) is 120 Å². The van der Waals surface area contributed by atoms with E-state index in [9.17, 15) is 13.2 Å². The zero-order valence-corrected chi connectivity index (χ0v) is 20.3. The average Bonchev–Trinajstić information content (AvgIpc) is 2.87. The van der Waals surface area contributed by atoms with Crippen LogP contribution in [0.4, 0.5) is 18.9 Å². The molecule has 0 bridgehead atoms. The molecule has 0 saturated carbocycles. The van der Waals surface area contributed by atoms with Crippen molar-refractivity contribution in [3.05, 3.63) is 115 Å². The molecule has 0 N–H and O–H groups in total. The molecule has 0 aliphatic heterocycles. The Morgan fingerprint density at radius 1 is 0.686 bits per heavy atom. The molecule has 0 fully saturated rings. The molecule has 0 spiro atoms. The van der Waals surface area contributed by atoms with E-state index in [2.05, 4.69) is 4.99 Å². The SMILES string of the molecule is COc1cccc(N=C(O[P+](c2ccccc2)(c2ccccc2)c2ccccc2)C(F)(F)F)c1.[Cl-]. The van der Waals surface area contributed by atoms with Crippen LogP contribution >= 0.6 is 7.49 Å². The Bertz CT molecular complexity index is 1160. The van der Waals surface area contributed by atoms with Gasteiger partial charge in [-0.05, 0) is 48.5 Å². The second-order valence-corrected chi connectivity index (χ2v) is 10.3. The number of hydrogen-bond acceptors (Lipinski definition) is 3. The van der Waals surface area contributed by atoms with Gasteiger partial charge in [0.1, 0.15) is 21.7 Å². The molecule has 8 heteroatoms. The molecule has 0 amide bonds. The first kappa shape index (κ1) is 26.3. The average molecular weight is 516 g/mol. The van der Waals surface area contributed by atoms with Crippen LogP contribution in [0.2, 0.25) is 0 Å². The van der Waals surface area contributed by atoms with Gasteiger partial charge in [0.2, 0.25) is 0 Å². The van der Waals surface area contributed by atoms with Crippen LogP contribution in [0.25, 0.3) is 0 Å². The van der Waals surface area contributed by atoms with Crippen LogP contribution in [0.3, 0.4) is 0 Å². The van der Waals surface area contributed by atoms with Crippen molar-refractivity contribution in [3.8, 4) is 5.75 Å². The molecule has 3 nitrogen and oxygen atoms in total. The van der Waals surface area contributed by atoms with E-state index < -0.39 is 19.6 Å². The third kappa shape index (κ3) is 5.84. The molecule has 4 aromatic rings. The van der Waals surface area contributed by atoms with Crippen LogP contribution in [0, 0.1) is 0 Å². The summed E-state index contributed by atoms with van der Waals surface area (Å²) < 4.78 is 54.5. The number of benzene rings is 4. The minimum atomic E-state index is -4.83. The molecule has 0 aromatic heterocycles. The highest BCUT2D eigenvalue weighted by Crippen LogP contribution is 2.57. The van der Waals surface area contributed by atoms with Gasteiger partial charge in [0.15, 0.2) is 0 Å². The normalized spacial score (nSPS) is 11.9. The summed E-state index contributed by atoms with van der Waals surface area (Å²) in [7, 11) is -1.80. The summed E-state index contributed by atoms with van der Waals surface area (Å²) in [4.78, 5) is 3.92. The van der Waals surface area contributed by atoms with Gasteiger partial charge in [0.25, 0.3) is 7.49 Å². The van der Waals surface area contributed by atoms with Crippen LogP contribution in [0.5, 0.6) is 5.75 Å². The fraction of sp³-hybridized carbons (Fsp3) is 0.0741. The summed E-state index contributed by atoms with van der Waals surface area (Å²) in [5, 5.41) is 1.94. The molecule has 0 heterocycles. The second kappa shape index (κ2) is 11.4. The lowest BCUT2D eigenvalue weighted by Gasteiger charge is -2.27. The van der Waals surface area contributed by atoms with Gasteiger partial charge in [-0.1, -0.05) is 60.7 Å². The quantitative estimate of drug-likeness (QED) is 0.224. The lowest BCUT2D eigenvalue weighted by molar-refractivity contribution is -0.0703. The number of methoxy groups -OCH3 is 1. The summed E-state index contributed by atoms with van der Waals surface area (Å²) >= 11 is 0. The van der Waals surface area contributed by atoms with Crippen molar-refractivity contribution in [1.29, 1.82) is 0 Å².